The summed E-state index contributed by atoms with van der Waals surface area (Å²) in [5.41, 5.74) is 0. The van der Waals surface area contributed by atoms with E-state index in [0.29, 0.717) is 0 Å². The zero-order chi connectivity index (χ0) is 13.7. The smallest absolute Gasteiger partial charge is 0.0829 e. The van der Waals surface area contributed by atoms with Crippen LogP contribution in [0.25, 0.3) is 0 Å². The summed E-state index contributed by atoms with van der Waals surface area (Å²) < 4.78 is 2.31. The van der Waals surface area contributed by atoms with Gasteiger partial charge in [-0.05, 0) is 47.0 Å². The van der Waals surface area contributed by atoms with E-state index in [1.807, 2.05) is 0 Å². The van der Waals surface area contributed by atoms with Crippen molar-refractivity contribution in [2.75, 3.05) is 41.3 Å². The third-order valence-corrected chi connectivity index (χ3v) is 4.76. The third-order valence-electron chi connectivity index (χ3n) is 4.76. The van der Waals surface area contributed by atoms with Gasteiger partial charge in [0.15, 0.2) is 0 Å². The van der Waals surface area contributed by atoms with E-state index in [4.69, 9.17) is 0 Å². The largest absolute Gasteiger partial charge is 0.327 e. The van der Waals surface area contributed by atoms with E-state index < -0.39 is 0 Å². The van der Waals surface area contributed by atoms with Gasteiger partial charge < -0.3 is 8.97 Å². The van der Waals surface area contributed by atoms with Crippen molar-refractivity contribution in [1.82, 2.24) is 0 Å². The summed E-state index contributed by atoms with van der Waals surface area (Å²) >= 11 is 0. The van der Waals surface area contributed by atoms with Gasteiger partial charge in [0.05, 0.1) is 53.4 Å². The van der Waals surface area contributed by atoms with Crippen LogP contribution in [0.2, 0.25) is 0 Å². The molecule has 0 saturated heterocycles. The van der Waals surface area contributed by atoms with Gasteiger partial charge in [-0.2, -0.15) is 0 Å². The molecule has 0 aromatic heterocycles. The normalized spacial score (nSPS) is 13.8. The van der Waals surface area contributed by atoms with Crippen molar-refractivity contribution in [2.24, 2.45) is 0 Å². The number of hydrogen-bond acceptors (Lipinski definition) is 0. The molecule has 0 amide bonds. The molecule has 17 heavy (non-hydrogen) atoms. The van der Waals surface area contributed by atoms with Gasteiger partial charge in [0, 0.05) is 0 Å². The summed E-state index contributed by atoms with van der Waals surface area (Å²) in [5.74, 6) is 0. The van der Waals surface area contributed by atoms with Crippen LogP contribution in [-0.2, 0) is 0 Å². The highest BCUT2D eigenvalue weighted by molar-refractivity contribution is 4.47. The highest BCUT2D eigenvalue weighted by Crippen LogP contribution is 2.12. The van der Waals surface area contributed by atoms with Crippen molar-refractivity contribution >= 4 is 0 Å². The maximum absolute atomic E-state index is 2.35. The van der Waals surface area contributed by atoms with E-state index in [0.717, 1.165) is 21.0 Å². The number of hydrogen-bond donors (Lipinski definition) is 0. The van der Waals surface area contributed by atoms with Gasteiger partial charge >= 0.3 is 0 Å². The van der Waals surface area contributed by atoms with Crippen LogP contribution in [0.3, 0.4) is 0 Å². The molecular formula is C15H36N2+2. The van der Waals surface area contributed by atoms with Crippen molar-refractivity contribution in [3.63, 3.8) is 0 Å². The minimum Gasteiger partial charge on any atom is -0.327 e. The van der Waals surface area contributed by atoms with Crippen LogP contribution in [0, 0.1) is 0 Å². The molecule has 0 saturated carbocycles. The molecule has 0 fully saturated rings. The summed E-state index contributed by atoms with van der Waals surface area (Å²) in [5, 5.41) is 0. The average molecular weight is 244 g/mol. The zero-order valence-corrected chi connectivity index (χ0v) is 13.6. The summed E-state index contributed by atoms with van der Waals surface area (Å²) in [6.07, 6.45) is 4.11. The summed E-state index contributed by atoms with van der Waals surface area (Å²) in [6.45, 7) is 11.9. The Balaban J connectivity index is 3.74. The Morgan fingerprint density at radius 1 is 0.588 bits per heavy atom. The SMILES string of the molecule is CC(C)[N+](C)(C)CCCCC[N+](C)(C)C(C)C. The first-order valence-corrected chi connectivity index (χ1v) is 7.25. The quantitative estimate of drug-likeness (QED) is 0.454. The van der Waals surface area contributed by atoms with E-state index in [1.54, 1.807) is 0 Å². The molecule has 0 N–H and O–H groups in total. The fourth-order valence-corrected chi connectivity index (χ4v) is 1.73. The molecular weight excluding hydrogens is 208 g/mol. The summed E-state index contributed by atoms with van der Waals surface area (Å²) in [4.78, 5) is 0. The summed E-state index contributed by atoms with van der Waals surface area (Å²) in [7, 11) is 9.38. The van der Waals surface area contributed by atoms with Gasteiger partial charge in [0.2, 0.25) is 0 Å². The molecule has 0 unspecified atom stereocenters. The van der Waals surface area contributed by atoms with Gasteiger partial charge in [-0.15, -0.1) is 0 Å². The van der Waals surface area contributed by atoms with Crippen LogP contribution < -0.4 is 0 Å². The lowest BCUT2D eigenvalue weighted by Crippen LogP contribution is -2.47. The van der Waals surface area contributed by atoms with Crippen molar-refractivity contribution in [3.8, 4) is 0 Å². The predicted octanol–water partition coefficient (Wildman–Crippen LogP) is 3.13. The lowest BCUT2D eigenvalue weighted by atomic mass is 10.1. The number of quaternary nitrogens is 2. The van der Waals surface area contributed by atoms with E-state index in [1.165, 1.54) is 32.4 Å². The molecule has 0 heterocycles. The first-order chi connectivity index (χ1) is 7.59. The molecule has 0 radical (unpaired) electrons. The third kappa shape index (κ3) is 6.42. The Morgan fingerprint density at radius 3 is 1.12 bits per heavy atom. The highest BCUT2D eigenvalue weighted by Gasteiger charge is 2.20. The van der Waals surface area contributed by atoms with Gasteiger partial charge in [0.25, 0.3) is 0 Å². The highest BCUT2D eigenvalue weighted by atomic mass is 15.3. The molecule has 2 heteroatoms. The Labute approximate surface area is 110 Å². The van der Waals surface area contributed by atoms with Gasteiger partial charge in [-0.25, -0.2) is 0 Å². The topological polar surface area (TPSA) is 0 Å². The Morgan fingerprint density at radius 2 is 0.882 bits per heavy atom. The van der Waals surface area contributed by atoms with E-state index in [-0.39, 0.29) is 0 Å². The van der Waals surface area contributed by atoms with Crippen molar-refractivity contribution in [1.29, 1.82) is 0 Å². The standard InChI is InChI=1S/C15H36N2/c1-14(2)16(5,6)12-10-9-11-13-17(7,8)15(3)4/h14-15H,9-13H2,1-8H3/q+2. The number of nitrogens with zero attached hydrogens (tertiary/aromatic N) is 2. The lowest BCUT2D eigenvalue weighted by molar-refractivity contribution is -0.913. The molecule has 0 bridgehead atoms. The lowest BCUT2D eigenvalue weighted by Gasteiger charge is -2.35. The molecule has 2 nitrogen and oxygen atoms in total. The second-order valence-corrected chi connectivity index (χ2v) is 7.25. The van der Waals surface area contributed by atoms with Crippen molar-refractivity contribution in [2.45, 2.75) is 59.0 Å². The predicted molar refractivity (Wildman–Crippen MR) is 78.1 cm³/mol. The minimum atomic E-state index is 0.734. The number of rotatable bonds is 8. The molecule has 0 aliphatic rings. The van der Waals surface area contributed by atoms with Crippen molar-refractivity contribution in [3.05, 3.63) is 0 Å². The first-order valence-electron chi connectivity index (χ1n) is 7.25. The second kappa shape index (κ2) is 6.75. The van der Waals surface area contributed by atoms with Crippen LogP contribution in [0.5, 0.6) is 0 Å². The second-order valence-electron chi connectivity index (χ2n) is 7.25. The fourth-order valence-electron chi connectivity index (χ4n) is 1.73. The molecule has 0 aromatic carbocycles. The minimum absolute atomic E-state index is 0.734. The van der Waals surface area contributed by atoms with Crippen molar-refractivity contribution < 1.29 is 8.97 Å². The summed E-state index contributed by atoms with van der Waals surface area (Å²) in [6, 6.07) is 1.47. The first kappa shape index (κ1) is 16.9. The zero-order valence-electron chi connectivity index (χ0n) is 13.6. The fraction of sp³-hybridized carbons (Fsp3) is 1.00. The van der Waals surface area contributed by atoms with E-state index in [2.05, 4.69) is 55.9 Å². The van der Waals surface area contributed by atoms with Crippen LogP contribution >= 0.6 is 0 Å². The van der Waals surface area contributed by atoms with E-state index in [9.17, 15) is 0 Å². The monoisotopic (exact) mass is 244 g/mol. The molecule has 0 spiro atoms. The molecule has 0 aliphatic heterocycles. The van der Waals surface area contributed by atoms with Gasteiger partial charge in [-0.3, -0.25) is 0 Å². The van der Waals surface area contributed by atoms with Crippen LogP contribution in [-0.4, -0.2) is 62.3 Å². The van der Waals surface area contributed by atoms with E-state index >= 15 is 0 Å². The molecule has 0 rings (SSSR count). The Kier molecular flexibility index (Phi) is 6.71. The molecule has 104 valence electrons. The number of unbranched alkanes of at least 4 members (excludes halogenated alkanes) is 2. The molecule has 0 atom stereocenters. The Hall–Kier alpha value is -0.0800. The Bertz CT molecular complexity index is 183. The van der Waals surface area contributed by atoms with Crippen LogP contribution in [0.1, 0.15) is 47.0 Å². The molecule has 0 aliphatic carbocycles. The maximum Gasteiger partial charge on any atom is 0.0829 e. The van der Waals surface area contributed by atoms with Gasteiger partial charge in [0.1, 0.15) is 0 Å². The van der Waals surface area contributed by atoms with Gasteiger partial charge in [-0.1, -0.05) is 0 Å². The molecule has 0 aromatic rings. The van der Waals surface area contributed by atoms with Crippen LogP contribution in [0.15, 0.2) is 0 Å². The maximum atomic E-state index is 2.35. The average Bonchev–Trinajstić information content (AvgIpc) is 2.16. The van der Waals surface area contributed by atoms with Crippen LogP contribution in [0.4, 0.5) is 0 Å².